The van der Waals surface area contributed by atoms with Crippen LogP contribution in [0.4, 0.5) is 4.39 Å². The van der Waals surface area contributed by atoms with Gasteiger partial charge in [0.1, 0.15) is 5.82 Å². The minimum Gasteiger partial charge on any atom is -0.396 e. The van der Waals surface area contributed by atoms with E-state index in [2.05, 4.69) is 20.3 Å². The number of rotatable bonds is 7. The summed E-state index contributed by atoms with van der Waals surface area (Å²) in [5, 5.41) is 23.8. The second-order valence-corrected chi connectivity index (χ2v) is 7.68. The number of nitrogens with one attached hydrogen (secondary N) is 1. The van der Waals surface area contributed by atoms with E-state index in [1.807, 2.05) is 18.2 Å². The van der Waals surface area contributed by atoms with Gasteiger partial charge in [0.15, 0.2) is 5.82 Å². The van der Waals surface area contributed by atoms with Crippen LogP contribution in [0, 0.1) is 17.7 Å². The lowest BCUT2D eigenvalue weighted by molar-refractivity contribution is 0.0716. The number of benzene rings is 1. The Morgan fingerprint density at radius 3 is 2.57 bits per heavy atom. The van der Waals surface area contributed by atoms with Crippen molar-refractivity contribution >= 4 is 0 Å². The number of nitrogens with zero attached hydrogens (tertiary/aromatic N) is 3. The Morgan fingerprint density at radius 1 is 0.967 bits per heavy atom. The Bertz CT molecular complexity index is 972. The van der Waals surface area contributed by atoms with Crippen LogP contribution < -0.4 is 5.32 Å². The zero-order chi connectivity index (χ0) is 20.9. The van der Waals surface area contributed by atoms with Gasteiger partial charge >= 0.3 is 0 Å². The molecule has 0 spiro atoms. The van der Waals surface area contributed by atoms with Crippen LogP contribution in [0.25, 0.3) is 11.4 Å². The summed E-state index contributed by atoms with van der Waals surface area (Å²) in [6.07, 6.45) is 3.88. The first-order chi connectivity index (χ1) is 14.7. The molecule has 2 heterocycles. The Morgan fingerprint density at radius 2 is 1.80 bits per heavy atom. The van der Waals surface area contributed by atoms with Gasteiger partial charge in [-0.3, -0.25) is 4.98 Å². The fraction of sp³-hybridized carbons (Fsp3) is 0.348. The topological polar surface area (TPSA) is 91.2 Å². The largest absolute Gasteiger partial charge is 0.396 e. The molecule has 0 saturated heterocycles. The molecule has 1 aromatic carbocycles. The summed E-state index contributed by atoms with van der Waals surface area (Å²) < 4.78 is 14.1. The highest BCUT2D eigenvalue weighted by Crippen LogP contribution is 2.35. The summed E-state index contributed by atoms with van der Waals surface area (Å²) in [7, 11) is 0. The van der Waals surface area contributed by atoms with E-state index < -0.39 is 6.10 Å². The van der Waals surface area contributed by atoms with Crippen molar-refractivity contribution in [3.8, 4) is 11.4 Å². The number of hydrogen-bond acceptors (Lipinski definition) is 6. The van der Waals surface area contributed by atoms with Gasteiger partial charge in [-0.1, -0.05) is 18.2 Å². The molecule has 0 radical (unpaired) electrons. The zero-order valence-corrected chi connectivity index (χ0v) is 16.5. The van der Waals surface area contributed by atoms with E-state index in [0.29, 0.717) is 30.8 Å². The highest BCUT2D eigenvalue weighted by molar-refractivity contribution is 5.55. The van der Waals surface area contributed by atoms with Crippen LogP contribution in [0.5, 0.6) is 0 Å². The van der Waals surface area contributed by atoms with Crippen molar-refractivity contribution in [2.24, 2.45) is 11.8 Å². The Labute approximate surface area is 174 Å². The second kappa shape index (κ2) is 9.38. The molecule has 3 aromatic rings. The molecule has 3 N–H and O–H groups in total. The van der Waals surface area contributed by atoms with Crippen LogP contribution in [0.2, 0.25) is 0 Å². The van der Waals surface area contributed by atoms with Crippen LogP contribution in [0.3, 0.4) is 0 Å². The standard InChI is InChI=1S/C23H25FN4O2/c24-20-7-2-1-6-17(20)23-26-10-8-15(28-23)11-18-19(14-29)22(30)12-21(18)27-13-16-5-3-4-9-25-16/h1-10,18-19,21-22,27,29-30H,11-14H2/t18-,19-,21-,22-/m1/s1. The van der Waals surface area contributed by atoms with Gasteiger partial charge in [-0.15, -0.1) is 0 Å². The third kappa shape index (κ3) is 4.53. The van der Waals surface area contributed by atoms with Gasteiger partial charge in [-0.2, -0.15) is 0 Å². The predicted octanol–water partition coefficient (Wildman–Crippen LogP) is 2.37. The van der Waals surface area contributed by atoms with E-state index in [9.17, 15) is 14.6 Å². The molecule has 4 atom stereocenters. The van der Waals surface area contributed by atoms with Crippen molar-refractivity contribution in [1.29, 1.82) is 0 Å². The SMILES string of the molecule is OC[C@@H]1[C@@H](Cc2ccnc(-c3ccccc3F)n2)[C@H](NCc2ccccn2)C[C@H]1O. The van der Waals surface area contributed by atoms with Crippen molar-refractivity contribution < 1.29 is 14.6 Å². The molecule has 4 rings (SSSR count). The summed E-state index contributed by atoms with van der Waals surface area (Å²) in [5.74, 6) is -0.299. The van der Waals surface area contributed by atoms with Gasteiger partial charge in [0.2, 0.25) is 0 Å². The molecule has 2 aromatic heterocycles. The molecule has 0 unspecified atom stereocenters. The zero-order valence-electron chi connectivity index (χ0n) is 16.5. The number of halogens is 1. The van der Waals surface area contributed by atoms with E-state index in [0.717, 1.165) is 11.4 Å². The second-order valence-electron chi connectivity index (χ2n) is 7.68. The van der Waals surface area contributed by atoms with Gasteiger partial charge in [0.05, 0.1) is 17.4 Å². The van der Waals surface area contributed by atoms with Gasteiger partial charge in [-0.05, 0) is 49.1 Å². The van der Waals surface area contributed by atoms with Gasteiger partial charge in [0, 0.05) is 43.2 Å². The van der Waals surface area contributed by atoms with Crippen LogP contribution in [0.15, 0.2) is 60.9 Å². The molecule has 156 valence electrons. The third-order valence-electron chi connectivity index (χ3n) is 5.81. The van der Waals surface area contributed by atoms with Crippen molar-refractivity contribution in [1.82, 2.24) is 20.3 Å². The van der Waals surface area contributed by atoms with Crippen LogP contribution in [0.1, 0.15) is 17.8 Å². The lowest BCUT2D eigenvalue weighted by Crippen LogP contribution is -2.36. The molecular weight excluding hydrogens is 383 g/mol. The number of aliphatic hydroxyl groups is 2. The highest BCUT2D eigenvalue weighted by atomic mass is 19.1. The van der Waals surface area contributed by atoms with Crippen molar-refractivity contribution in [3.05, 3.63) is 78.1 Å². The number of aliphatic hydroxyl groups excluding tert-OH is 2. The van der Waals surface area contributed by atoms with Crippen molar-refractivity contribution in [2.75, 3.05) is 6.61 Å². The number of aromatic nitrogens is 3. The fourth-order valence-electron chi connectivity index (χ4n) is 4.24. The highest BCUT2D eigenvalue weighted by Gasteiger charge is 2.42. The Hall–Kier alpha value is -2.74. The maximum Gasteiger partial charge on any atom is 0.162 e. The maximum atomic E-state index is 14.1. The minimum atomic E-state index is -0.589. The molecule has 1 fully saturated rings. The lowest BCUT2D eigenvalue weighted by atomic mass is 9.88. The summed E-state index contributed by atoms with van der Waals surface area (Å²) in [5.41, 5.74) is 2.03. The fourth-order valence-corrected chi connectivity index (χ4v) is 4.24. The molecular formula is C23H25FN4O2. The van der Waals surface area contributed by atoms with Crippen molar-refractivity contribution in [3.63, 3.8) is 0 Å². The van der Waals surface area contributed by atoms with E-state index in [1.165, 1.54) is 6.07 Å². The summed E-state index contributed by atoms with van der Waals surface area (Å²) >= 11 is 0. The van der Waals surface area contributed by atoms with Gasteiger partial charge in [-0.25, -0.2) is 14.4 Å². The molecule has 1 saturated carbocycles. The van der Waals surface area contributed by atoms with E-state index in [4.69, 9.17) is 0 Å². The predicted molar refractivity (Wildman–Crippen MR) is 111 cm³/mol. The minimum absolute atomic E-state index is 0.00559. The first-order valence-electron chi connectivity index (χ1n) is 10.1. The van der Waals surface area contributed by atoms with Gasteiger partial charge < -0.3 is 15.5 Å². The maximum absolute atomic E-state index is 14.1. The molecule has 0 bridgehead atoms. The van der Waals surface area contributed by atoms with Crippen LogP contribution >= 0.6 is 0 Å². The number of hydrogen-bond donors (Lipinski definition) is 3. The Balaban J connectivity index is 1.53. The van der Waals surface area contributed by atoms with Crippen molar-refractivity contribution in [2.45, 2.75) is 31.5 Å². The summed E-state index contributed by atoms with van der Waals surface area (Å²) in [6.45, 7) is 0.482. The van der Waals surface area contributed by atoms with E-state index in [1.54, 1.807) is 36.7 Å². The molecule has 1 aliphatic carbocycles. The smallest absolute Gasteiger partial charge is 0.162 e. The van der Waals surface area contributed by atoms with Gasteiger partial charge in [0.25, 0.3) is 0 Å². The molecule has 0 aliphatic heterocycles. The molecule has 1 aliphatic rings. The third-order valence-corrected chi connectivity index (χ3v) is 5.81. The average molecular weight is 408 g/mol. The van der Waals surface area contributed by atoms with E-state index >= 15 is 0 Å². The first-order valence-corrected chi connectivity index (χ1v) is 10.1. The monoisotopic (exact) mass is 408 g/mol. The quantitative estimate of drug-likeness (QED) is 0.556. The normalized spacial score (nSPS) is 23.6. The summed E-state index contributed by atoms with van der Waals surface area (Å²) in [4.78, 5) is 13.1. The number of pyridine rings is 1. The lowest BCUT2D eigenvalue weighted by Gasteiger charge is -2.25. The molecule has 7 heteroatoms. The van der Waals surface area contributed by atoms with E-state index in [-0.39, 0.29) is 30.3 Å². The average Bonchev–Trinajstić information content (AvgIpc) is 3.07. The first kappa shape index (κ1) is 20.5. The van der Waals surface area contributed by atoms with Crippen LogP contribution in [-0.4, -0.2) is 43.9 Å². The molecule has 0 amide bonds. The summed E-state index contributed by atoms with van der Waals surface area (Å²) in [6, 6.07) is 14.0. The van der Waals surface area contributed by atoms with Crippen LogP contribution in [-0.2, 0) is 13.0 Å². The Kier molecular flexibility index (Phi) is 6.42. The molecule has 30 heavy (non-hydrogen) atoms. The molecule has 6 nitrogen and oxygen atoms in total.